The third kappa shape index (κ3) is 6.18. The second-order valence-corrected chi connectivity index (χ2v) is 4.80. The number of nitrogens with zero attached hydrogens (tertiary/aromatic N) is 1. The molecule has 4 nitrogen and oxygen atoms in total. The summed E-state index contributed by atoms with van der Waals surface area (Å²) >= 11 is 0. The highest BCUT2D eigenvalue weighted by molar-refractivity contribution is 5.91. The quantitative estimate of drug-likeness (QED) is 0.885. The van der Waals surface area contributed by atoms with Crippen LogP contribution in [0.25, 0.3) is 0 Å². The maximum Gasteiger partial charge on any atom is 0.225 e. The zero-order chi connectivity index (χ0) is 13.7. The van der Waals surface area contributed by atoms with Gasteiger partial charge in [0, 0.05) is 50.4 Å². The van der Waals surface area contributed by atoms with E-state index in [2.05, 4.69) is 15.5 Å². The topological polar surface area (TPSA) is 44.4 Å². The molecule has 1 saturated heterocycles. The summed E-state index contributed by atoms with van der Waals surface area (Å²) in [6.07, 6.45) is 0.440. The van der Waals surface area contributed by atoms with E-state index in [1.54, 1.807) is 19.1 Å². The molecule has 2 N–H and O–H groups in total. The lowest BCUT2D eigenvalue weighted by atomic mass is 10.2. The van der Waals surface area contributed by atoms with E-state index in [1.165, 1.54) is 6.07 Å². The van der Waals surface area contributed by atoms with Crippen LogP contribution in [0.5, 0.6) is 0 Å². The van der Waals surface area contributed by atoms with Crippen LogP contribution in [0.3, 0.4) is 0 Å². The maximum atomic E-state index is 13.3. The zero-order valence-electron chi connectivity index (χ0n) is 12.0. The standard InChI is InChI=1S/C14H20FN3O.2ClH/c1-11-12(15)3-2-4-13(11)17-14(19)5-8-18-9-6-16-7-10-18;;/h2-4,16H,5-10H2,1H3,(H,17,19);2*1H. The minimum atomic E-state index is -0.292. The lowest BCUT2D eigenvalue weighted by molar-refractivity contribution is -0.116. The van der Waals surface area contributed by atoms with Gasteiger partial charge in [0.05, 0.1) is 0 Å². The molecule has 0 saturated carbocycles. The number of halogens is 3. The molecule has 1 aliphatic rings. The molecule has 0 aromatic heterocycles. The summed E-state index contributed by atoms with van der Waals surface area (Å²) < 4.78 is 13.3. The second kappa shape index (κ2) is 9.95. The number of benzene rings is 1. The van der Waals surface area contributed by atoms with E-state index >= 15 is 0 Å². The van der Waals surface area contributed by atoms with Gasteiger partial charge in [0.15, 0.2) is 0 Å². The van der Waals surface area contributed by atoms with Gasteiger partial charge in [0.1, 0.15) is 5.82 Å². The molecule has 1 amide bonds. The summed E-state index contributed by atoms with van der Waals surface area (Å²) in [6, 6.07) is 4.72. The molecule has 1 aromatic rings. The highest BCUT2D eigenvalue weighted by Gasteiger charge is 2.12. The molecule has 0 spiro atoms. The SMILES string of the molecule is Cc1c(F)cccc1NC(=O)CCN1CCNCC1.Cl.Cl. The minimum absolute atomic E-state index is 0. The molecule has 0 aliphatic carbocycles. The van der Waals surface area contributed by atoms with Gasteiger partial charge < -0.3 is 15.5 Å². The van der Waals surface area contributed by atoms with Gasteiger partial charge >= 0.3 is 0 Å². The van der Waals surface area contributed by atoms with Crippen LogP contribution in [0.4, 0.5) is 10.1 Å². The molecule has 21 heavy (non-hydrogen) atoms. The first-order valence-electron chi connectivity index (χ1n) is 6.65. The molecule has 1 aromatic carbocycles. The summed E-state index contributed by atoms with van der Waals surface area (Å²) in [6.45, 7) is 6.33. The average molecular weight is 338 g/mol. The third-order valence-electron chi connectivity index (χ3n) is 3.41. The normalized spacial score (nSPS) is 14.8. The molecule has 1 heterocycles. The molecule has 1 aliphatic heterocycles. The van der Waals surface area contributed by atoms with Crippen molar-refractivity contribution in [3.8, 4) is 0 Å². The molecule has 2 rings (SSSR count). The average Bonchev–Trinajstić information content (AvgIpc) is 2.43. The Bertz CT molecular complexity index is 454. The van der Waals surface area contributed by atoms with Gasteiger partial charge in [-0.15, -0.1) is 24.8 Å². The number of nitrogens with one attached hydrogen (secondary N) is 2. The van der Waals surface area contributed by atoms with Crippen LogP contribution in [0.1, 0.15) is 12.0 Å². The third-order valence-corrected chi connectivity index (χ3v) is 3.41. The van der Waals surface area contributed by atoms with Gasteiger partial charge in [-0.3, -0.25) is 4.79 Å². The molecular weight excluding hydrogens is 316 g/mol. The van der Waals surface area contributed by atoms with Gasteiger partial charge in [-0.1, -0.05) is 6.07 Å². The Labute approximate surface area is 137 Å². The monoisotopic (exact) mass is 337 g/mol. The molecule has 0 atom stereocenters. The van der Waals surface area contributed by atoms with Gasteiger partial charge in [-0.05, 0) is 19.1 Å². The van der Waals surface area contributed by atoms with Crippen LogP contribution in [-0.4, -0.2) is 43.5 Å². The van der Waals surface area contributed by atoms with Crippen LogP contribution in [0.2, 0.25) is 0 Å². The van der Waals surface area contributed by atoms with Crippen molar-refractivity contribution in [1.29, 1.82) is 0 Å². The Hall–Kier alpha value is -0.880. The number of piperazine rings is 1. The van der Waals surface area contributed by atoms with Gasteiger partial charge in [0.25, 0.3) is 0 Å². The Morgan fingerprint density at radius 3 is 2.67 bits per heavy atom. The van der Waals surface area contributed by atoms with E-state index in [0.29, 0.717) is 17.7 Å². The highest BCUT2D eigenvalue weighted by atomic mass is 35.5. The fourth-order valence-corrected chi connectivity index (χ4v) is 2.15. The van der Waals surface area contributed by atoms with Crippen molar-refractivity contribution in [2.75, 3.05) is 38.0 Å². The lowest BCUT2D eigenvalue weighted by Crippen LogP contribution is -2.44. The fraction of sp³-hybridized carbons (Fsp3) is 0.500. The number of amides is 1. The Kier molecular flexibility index (Phi) is 9.53. The smallest absolute Gasteiger partial charge is 0.225 e. The van der Waals surface area contributed by atoms with Crippen molar-refractivity contribution >= 4 is 36.4 Å². The van der Waals surface area contributed by atoms with Crippen LogP contribution >= 0.6 is 24.8 Å². The van der Waals surface area contributed by atoms with Crippen molar-refractivity contribution in [2.45, 2.75) is 13.3 Å². The number of carbonyl (C=O) groups is 1. The second-order valence-electron chi connectivity index (χ2n) is 4.80. The van der Waals surface area contributed by atoms with Crippen LogP contribution in [-0.2, 0) is 4.79 Å². The van der Waals surface area contributed by atoms with Crippen molar-refractivity contribution in [3.05, 3.63) is 29.6 Å². The summed E-state index contributed by atoms with van der Waals surface area (Å²) in [5, 5.41) is 6.04. The van der Waals surface area contributed by atoms with Gasteiger partial charge in [-0.25, -0.2) is 4.39 Å². The van der Waals surface area contributed by atoms with Crippen LogP contribution < -0.4 is 10.6 Å². The first-order chi connectivity index (χ1) is 9.16. The fourth-order valence-electron chi connectivity index (χ4n) is 2.15. The van der Waals surface area contributed by atoms with Crippen LogP contribution in [0.15, 0.2) is 18.2 Å². The van der Waals surface area contributed by atoms with Crippen molar-refractivity contribution in [2.24, 2.45) is 0 Å². The predicted molar refractivity (Wildman–Crippen MR) is 88.2 cm³/mol. The number of hydrogen-bond donors (Lipinski definition) is 2. The van der Waals surface area contributed by atoms with E-state index in [4.69, 9.17) is 0 Å². The Morgan fingerprint density at radius 2 is 2.00 bits per heavy atom. The van der Waals surface area contributed by atoms with Crippen molar-refractivity contribution < 1.29 is 9.18 Å². The summed E-state index contributed by atoms with van der Waals surface area (Å²) in [7, 11) is 0. The first-order valence-corrected chi connectivity index (χ1v) is 6.65. The highest BCUT2D eigenvalue weighted by Crippen LogP contribution is 2.17. The minimum Gasteiger partial charge on any atom is -0.326 e. The Morgan fingerprint density at radius 1 is 1.33 bits per heavy atom. The summed E-state index contributed by atoms with van der Waals surface area (Å²) in [5.41, 5.74) is 1.04. The van der Waals surface area contributed by atoms with E-state index in [1.807, 2.05) is 0 Å². The van der Waals surface area contributed by atoms with E-state index in [0.717, 1.165) is 32.7 Å². The number of hydrogen-bond acceptors (Lipinski definition) is 3. The molecular formula is C14H22Cl2FN3O. The molecule has 1 fully saturated rings. The first kappa shape index (κ1) is 20.1. The number of rotatable bonds is 4. The Balaban J connectivity index is 0.00000200. The van der Waals surface area contributed by atoms with Crippen molar-refractivity contribution in [3.63, 3.8) is 0 Å². The summed E-state index contributed by atoms with van der Waals surface area (Å²) in [5.74, 6) is -0.355. The molecule has 120 valence electrons. The van der Waals surface area contributed by atoms with E-state index in [-0.39, 0.29) is 36.5 Å². The molecule has 0 unspecified atom stereocenters. The molecule has 7 heteroatoms. The van der Waals surface area contributed by atoms with Gasteiger partial charge in [0.2, 0.25) is 5.91 Å². The lowest BCUT2D eigenvalue weighted by Gasteiger charge is -2.26. The van der Waals surface area contributed by atoms with Gasteiger partial charge in [-0.2, -0.15) is 0 Å². The van der Waals surface area contributed by atoms with E-state index < -0.39 is 0 Å². The van der Waals surface area contributed by atoms with E-state index in [9.17, 15) is 9.18 Å². The predicted octanol–water partition coefficient (Wildman–Crippen LogP) is 2.21. The summed E-state index contributed by atoms with van der Waals surface area (Å²) in [4.78, 5) is 14.1. The molecule has 0 bridgehead atoms. The largest absolute Gasteiger partial charge is 0.326 e. The van der Waals surface area contributed by atoms with Crippen LogP contribution in [0, 0.1) is 12.7 Å². The maximum absolute atomic E-state index is 13.3. The number of carbonyl (C=O) groups excluding carboxylic acids is 1. The van der Waals surface area contributed by atoms with Crippen molar-refractivity contribution in [1.82, 2.24) is 10.2 Å². The zero-order valence-corrected chi connectivity index (χ0v) is 13.7. The number of anilines is 1. The molecule has 0 radical (unpaired) electrons.